The number of ether oxygens (including phenoxy) is 1. The van der Waals surface area contributed by atoms with Crippen molar-refractivity contribution < 1.29 is 4.74 Å². The number of hydrogen-bond donors (Lipinski definition) is 1. The van der Waals surface area contributed by atoms with Crippen LogP contribution in [0, 0.1) is 5.92 Å². The Morgan fingerprint density at radius 2 is 1.89 bits per heavy atom. The van der Waals surface area contributed by atoms with E-state index in [0.29, 0.717) is 12.1 Å². The number of methoxy groups -OCH3 is 1. The second-order valence-electron chi connectivity index (χ2n) is 6.42. The standard InChI is InChI=1S/C15H30N2O/c1-12-5-4-10-17(13(12)2)15(11-16)8-6-14(18-3)7-9-15/h12-14H,4-11,16H2,1-3H3. The van der Waals surface area contributed by atoms with Crippen molar-refractivity contribution in [3.05, 3.63) is 0 Å². The minimum absolute atomic E-state index is 0.253. The van der Waals surface area contributed by atoms with E-state index in [4.69, 9.17) is 10.5 Å². The van der Waals surface area contributed by atoms with Crippen LogP contribution in [0.15, 0.2) is 0 Å². The predicted octanol–water partition coefficient (Wildman–Crippen LogP) is 2.39. The molecule has 0 radical (unpaired) electrons. The van der Waals surface area contributed by atoms with E-state index in [2.05, 4.69) is 18.7 Å². The molecule has 0 bridgehead atoms. The van der Waals surface area contributed by atoms with Crippen LogP contribution in [0.25, 0.3) is 0 Å². The van der Waals surface area contributed by atoms with Crippen molar-refractivity contribution in [3.8, 4) is 0 Å². The molecule has 0 aromatic carbocycles. The van der Waals surface area contributed by atoms with E-state index in [1.54, 1.807) is 0 Å². The van der Waals surface area contributed by atoms with Gasteiger partial charge in [-0.2, -0.15) is 0 Å². The van der Waals surface area contributed by atoms with Gasteiger partial charge in [-0.15, -0.1) is 0 Å². The van der Waals surface area contributed by atoms with Crippen LogP contribution in [0.2, 0.25) is 0 Å². The Hall–Kier alpha value is -0.120. The van der Waals surface area contributed by atoms with Gasteiger partial charge in [0.1, 0.15) is 0 Å². The largest absolute Gasteiger partial charge is 0.381 e. The molecule has 2 aliphatic rings. The molecule has 0 aromatic heterocycles. The summed E-state index contributed by atoms with van der Waals surface area (Å²) >= 11 is 0. The van der Waals surface area contributed by atoms with Gasteiger partial charge in [0.2, 0.25) is 0 Å². The molecule has 2 atom stereocenters. The van der Waals surface area contributed by atoms with Gasteiger partial charge in [-0.05, 0) is 57.9 Å². The van der Waals surface area contributed by atoms with Gasteiger partial charge in [-0.1, -0.05) is 6.92 Å². The summed E-state index contributed by atoms with van der Waals surface area (Å²) in [6.45, 7) is 6.83. The lowest BCUT2D eigenvalue weighted by molar-refractivity contribution is -0.0472. The van der Waals surface area contributed by atoms with Crippen LogP contribution < -0.4 is 5.73 Å². The fraction of sp³-hybridized carbons (Fsp3) is 1.00. The van der Waals surface area contributed by atoms with Gasteiger partial charge in [0, 0.05) is 25.2 Å². The Balaban J connectivity index is 2.07. The zero-order valence-corrected chi connectivity index (χ0v) is 12.3. The Morgan fingerprint density at radius 1 is 1.22 bits per heavy atom. The average Bonchev–Trinajstić information content (AvgIpc) is 2.42. The lowest BCUT2D eigenvalue weighted by atomic mass is 9.76. The van der Waals surface area contributed by atoms with Crippen LogP contribution in [0.3, 0.4) is 0 Å². The maximum absolute atomic E-state index is 6.18. The van der Waals surface area contributed by atoms with Crippen LogP contribution in [-0.2, 0) is 4.74 Å². The highest BCUT2D eigenvalue weighted by atomic mass is 16.5. The number of piperidine rings is 1. The molecular weight excluding hydrogens is 224 g/mol. The maximum Gasteiger partial charge on any atom is 0.0572 e. The molecule has 2 fully saturated rings. The van der Waals surface area contributed by atoms with Crippen molar-refractivity contribution >= 4 is 0 Å². The van der Waals surface area contributed by atoms with Crippen LogP contribution in [0.4, 0.5) is 0 Å². The molecule has 1 saturated heterocycles. The van der Waals surface area contributed by atoms with Gasteiger partial charge in [-0.3, -0.25) is 4.90 Å². The van der Waals surface area contributed by atoms with E-state index in [-0.39, 0.29) is 5.54 Å². The smallest absolute Gasteiger partial charge is 0.0572 e. The summed E-state index contributed by atoms with van der Waals surface area (Å²) in [5.74, 6) is 0.808. The number of likely N-dealkylation sites (tertiary alicyclic amines) is 1. The van der Waals surface area contributed by atoms with Gasteiger partial charge in [0.05, 0.1) is 6.10 Å². The summed E-state index contributed by atoms with van der Waals surface area (Å²) in [4.78, 5) is 2.73. The number of hydrogen-bond acceptors (Lipinski definition) is 3. The quantitative estimate of drug-likeness (QED) is 0.840. The van der Waals surface area contributed by atoms with Crippen molar-refractivity contribution in [1.82, 2.24) is 4.90 Å². The minimum atomic E-state index is 0.253. The van der Waals surface area contributed by atoms with Gasteiger partial charge < -0.3 is 10.5 Å². The van der Waals surface area contributed by atoms with Crippen molar-refractivity contribution in [3.63, 3.8) is 0 Å². The Labute approximate surface area is 112 Å². The zero-order valence-electron chi connectivity index (χ0n) is 12.3. The molecule has 3 nitrogen and oxygen atoms in total. The van der Waals surface area contributed by atoms with Crippen LogP contribution in [0.1, 0.15) is 52.4 Å². The lowest BCUT2D eigenvalue weighted by Crippen LogP contribution is -2.61. The molecule has 3 heteroatoms. The third-order valence-corrected chi connectivity index (χ3v) is 5.56. The predicted molar refractivity (Wildman–Crippen MR) is 75.6 cm³/mol. The molecule has 1 saturated carbocycles. The topological polar surface area (TPSA) is 38.5 Å². The Kier molecular flexibility index (Phi) is 4.68. The van der Waals surface area contributed by atoms with Gasteiger partial charge in [0.25, 0.3) is 0 Å². The first-order valence-electron chi connectivity index (χ1n) is 7.62. The highest BCUT2D eigenvalue weighted by molar-refractivity contribution is 4.99. The third-order valence-electron chi connectivity index (χ3n) is 5.56. The molecule has 0 amide bonds. The molecule has 18 heavy (non-hydrogen) atoms. The molecule has 2 N–H and O–H groups in total. The highest BCUT2D eigenvalue weighted by Gasteiger charge is 2.43. The summed E-state index contributed by atoms with van der Waals surface area (Å²) in [5, 5.41) is 0. The molecule has 0 aromatic rings. The van der Waals surface area contributed by atoms with Crippen LogP contribution in [-0.4, -0.2) is 42.8 Å². The fourth-order valence-electron chi connectivity index (χ4n) is 3.98. The number of nitrogens with zero attached hydrogens (tertiary/aromatic N) is 1. The fourth-order valence-corrected chi connectivity index (χ4v) is 3.98. The third kappa shape index (κ3) is 2.59. The molecule has 1 heterocycles. The normalized spacial score (nSPS) is 43.0. The second kappa shape index (κ2) is 5.89. The Morgan fingerprint density at radius 3 is 2.44 bits per heavy atom. The molecule has 1 aliphatic heterocycles. The average molecular weight is 254 g/mol. The van der Waals surface area contributed by atoms with Crippen molar-refractivity contribution in [2.24, 2.45) is 11.7 Å². The Bertz CT molecular complexity index is 261. The van der Waals surface area contributed by atoms with Crippen molar-refractivity contribution in [2.75, 3.05) is 20.2 Å². The minimum Gasteiger partial charge on any atom is -0.381 e. The van der Waals surface area contributed by atoms with Gasteiger partial charge in [0.15, 0.2) is 0 Å². The van der Waals surface area contributed by atoms with Crippen LogP contribution in [0.5, 0.6) is 0 Å². The van der Waals surface area contributed by atoms with E-state index in [0.717, 1.165) is 12.5 Å². The molecule has 2 rings (SSSR count). The summed E-state index contributed by atoms with van der Waals surface area (Å²) in [6.07, 6.45) is 7.93. The summed E-state index contributed by atoms with van der Waals surface area (Å²) in [5.41, 5.74) is 6.43. The van der Waals surface area contributed by atoms with E-state index in [1.807, 2.05) is 7.11 Å². The summed E-state index contributed by atoms with van der Waals surface area (Å²) in [6, 6.07) is 0.682. The van der Waals surface area contributed by atoms with E-state index in [9.17, 15) is 0 Å². The first-order chi connectivity index (χ1) is 8.63. The first-order valence-corrected chi connectivity index (χ1v) is 7.62. The second-order valence-corrected chi connectivity index (χ2v) is 6.42. The number of rotatable bonds is 3. The maximum atomic E-state index is 6.18. The van der Waals surface area contributed by atoms with Crippen molar-refractivity contribution in [2.45, 2.75) is 70.1 Å². The zero-order chi connectivity index (χ0) is 13.2. The lowest BCUT2D eigenvalue weighted by Gasteiger charge is -2.53. The van der Waals surface area contributed by atoms with E-state index < -0.39 is 0 Å². The molecule has 0 spiro atoms. The van der Waals surface area contributed by atoms with E-state index in [1.165, 1.54) is 45.1 Å². The molecular formula is C15H30N2O. The molecule has 2 unspecified atom stereocenters. The van der Waals surface area contributed by atoms with Gasteiger partial charge >= 0.3 is 0 Å². The highest BCUT2D eigenvalue weighted by Crippen LogP contribution is 2.39. The van der Waals surface area contributed by atoms with E-state index >= 15 is 0 Å². The van der Waals surface area contributed by atoms with Crippen molar-refractivity contribution in [1.29, 1.82) is 0 Å². The first kappa shape index (κ1) is 14.3. The molecule has 106 valence electrons. The molecule has 1 aliphatic carbocycles. The van der Waals surface area contributed by atoms with Gasteiger partial charge in [-0.25, -0.2) is 0 Å². The summed E-state index contributed by atoms with van der Waals surface area (Å²) in [7, 11) is 1.84. The van der Waals surface area contributed by atoms with Crippen LogP contribution >= 0.6 is 0 Å². The SMILES string of the molecule is COC1CCC(CN)(N2CCCC(C)C2C)CC1. The monoisotopic (exact) mass is 254 g/mol. The number of nitrogens with two attached hydrogens (primary N) is 1. The summed E-state index contributed by atoms with van der Waals surface area (Å²) < 4.78 is 5.50.